The third kappa shape index (κ3) is 5.12. The number of aryl methyl sites for hydroxylation is 1. The van der Waals surface area contributed by atoms with Gasteiger partial charge in [-0.3, -0.25) is 0 Å². The minimum atomic E-state index is -3.73. The van der Waals surface area contributed by atoms with Gasteiger partial charge in [-0.15, -0.1) is 0 Å². The predicted molar refractivity (Wildman–Crippen MR) is 103 cm³/mol. The van der Waals surface area contributed by atoms with Gasteiger partial charge in [0.25, 0.3) is 10.0 Å². The summed E-state index contributed by atoms with van der Waals surface area (Å²) in [5, 5.41) is 4.15. The van der Waals surface area contributed by atoms with Crippen LogP contribution in [0.1, 0.15) is 25.0 Å². The van der Waals surface area contributed by atoms with E-state index in [1.165, 1.54) is 25.5 Å². The normalized spacial score (nSPS) is 11.8. The second-order valence-electron chi connectivity index (χ2n) is 5.87. The van der Waals surface area contributed by atoms with Crippen LogP contribution in [0.15, 0.2) is 46.4 Å². The Kier molecular flexibility index (Phi) is 6.50. The molecule has 2 rings (SSSR count). The van der Waals surface area contributed by atoms with E-state index in [0.29, 0.717) is 22.1 Å². The van der Waals surface area contributed by atoms with Gasteiger partial charge in [-0.25, -0.2) is 4.83 Å². The number of nitrogens with zero attached hydrogens (tertiary/aromatic N) is 1. The summed E-state index contributed by atoms with van der Waals surface area (Å²) in [4.78, 5) is 2.31. The molecule has 0 aromatic heterocycles. The summed E-state index contributed by atoms with van der Waals surface area (Å²) >= 11 is 6.23. The molecule has 0 aliphatic carbocycles. The average Bonchev–Trinajstić information content (AvgIpc) is 2.57. The largest absolute Gasteiger partial charge is 0.493 e. The van der Waals surface area contributed by atoms with Crippen molar-refractivity contribution in [3.8, 4) is 11.5 Å². The lowest BCUT2D eigenvalue weighted by Crippen LogP contribution is -2.18. The Morgan fingerprint density at radius 1 is 1.19 bits per heavy atom. The Hall–Kier alpha value is -2.25. The SMILES string of the molecule is COc1cc(/C=N\NS(=O)(=O)c2ccc(C)cc2)cc(Cl)c1OC(C)C. The van der Waals surface area contributed by atoms with Crippen molar-refractivity contribution < 1.29 is 17.9 Å². The number of halogens is 1. The van der Waals surface area contributed by atoms with Gasteiger partial charge in [0.2, 0.25) is 0 Å². The maximum absolute atomic E-state index is 12.2. The van der Waals surface area contributed by atoms with Crippen molar-refractivity contribution >= 4 is 27.8 Å². The topological polar surface area (TPSA) is 77.0 Å². The van der Waals surface area contributed by atoms with Crippen LogP contribution >= 0.6 is 11.6 Å². The number of sulfonamides is 1. The monoisotopic (exact) mass is 396 g/mol. The zero-order chi connectivity index (χ0) is 19.3. The number of benzene rings is 2. The highest BCUT2D eigenvalue weighted by Crippen LogP contribution is 2.36. The summed E-state index contributed by atoms with van der Waals surface area (Å²) in [6, 6.07) is 9.75. The fourth-order valence-electron chi connectivity index (χ4n) is 2.10. The van der Waals surface area contributed by atoms with Crippen molar-refractivity contribution in [1.82, 2.24) is 4.83 Å². The van der Waals surface area contributed by atoms with Crippen molar-refractivity contribution in [2.24, 2.45) is 5.10 Å². The first-order valence-electron chi connectivity index (χ1n) is 7.88. The van der Waals surface area contributed by atoms with E-state index in [0.717, 1.165) is 5.56 Å². The Bertz CT molecular complexity index is 894. The van der Waals surface area contributed by atoms with E-state index >= 15 is 0 Å². The summed E-state index contributed by atoms with van der Waals surface area (Å²) in [6.45, 7) is 5.64. The highest BCUT2D eigenvalue weighted by molar-refractivity contribution is 7.89. The molecule has 0 fully saturated rings. The van der Waals surface area contributed by atoms with Crippen LogP contribution in [0.25, 0.3) is 0 Å². The van der Waals surface area contributed by atoms with E-state index in [-0.39, 0.29) is 11.0 Å². The fourth-order valence-corrected chi connectivity index (χ4v) is 3.16. The molecule has 2 aromatic rings. The first-order valence-corrected chi connectivity index (χ1v) is 9.75. The molecule has 0 unspecified atom stereocenters. The highest BCUT2D eigenvalue weighted by Gasteiger charge is 2.14. The third-order valence-electron chi connectivity index (χ3n) is 3.32. The average molecular weight is 397 g/mol. The van der Waals surface area contributed by atoms with Crippen LogP contribution in [0.2, 0.25) is 5.02 Å². The van der Waals surface area contributed by atoms with Crippen LogP contribution < -0.4 is 14.3 Å². The van der Waals surface area contributed by atoms with Gasteiger partial charge in [0.15, 0.2) is 11.5 Å². The van der Waals surface area contributed by atoms with Crippen LogP contribution in [0.5, 0.6) is 11.5 Å². The van der Waals surface area contributed by atoms with Crippen molar-refractivity contribution in [3.63, 3.8) is 0 Å². The lowest BCUT2D eigenvalue weighted by molar-refractivity contribution is 0.230. The number of hydrogen-bond acceptors (Lipinski definition) is 5. The molecule has 0 atom stereocenters. The molecule has 0 saturated carbocycles. The Labute approximate surface area is 158 Å². The molecule has 1 N–H and O–H groups in total. The summed E-state index contributed by atoms with van der Waals surface area (Å²) < 4.78 is 35.3. The quantitative estimate of drug-likeness (QED) is 0.571. The molecule has 0 amide bonds. The summed E-state index contributed by atoms with van der Waals surface area (Å²) in [7, 11) is -2.23. The number of methoxy groups -OCH3 is 1. The molecule has 0 radical (unpaired) electrons. The highest BCUT2D eigenvalue weighted by atomic mass is 35.5. The molecule has 0 aliphatic rings. The molecule has 6 nitrogen and oxygen atoms in total. The molecular weight excluding hydrogens is 376 g/mol. The van der Waals surface area contributed by atoms with Gasteiger partial charge in [-0.2, -0.15) is 13.5 Å². The van der Waals surface area contributed by atoms with Crippen molar-refractivity contribution in [2.75, 3.05) is 7.11 Å². The molecule has 8 heteroatoms. The van der Waals surface area contributed by atoms with E-state index in [9.17, 15) is 8.42 Å². The minimum absolute atomic E-state index is 0.0674. The molecule has 0 aliphatic heterocycles. The Balaban J connectivity index is 2.20. The maximum atomic E-state index is 12.2. The van der Waals surface area contributed by atoms with E-state index in [2.05, 4.69) is 9.93 Å². The van der Waals surface area contributed by atoms with Gasteiger partial charge in [-0.1, -0.05) is 29.3 Å². The summed E-state index contributed by atoms with van der Waals surface area (Å²) in [5.41, 5.74) is 1.53. The van der Waals surface area contributed by atoms with Gasteiger partial charge in [0.05, 0.1) is 29.3 Å². The first kappa shape index (κ1) is 20.1. The number of hydrogen-bond donors (Lipinski definition) is 1. The summed E-state index contributed by atoms with van der Waals surface area (Å²) in [5.74, 6) is 0.871. The van der Waals surface area contributed by atoms with Gasteiger partial charge < -0.3 is 9.47 Å². The van der Waals surface area contributed by atoms with E-state index < -0.39 is 10.0 Å². The van der Waals surface area contributed by atoms with Gasteiger partial charge in [0, 0.05) is 0 Å². The molecular formula is C18H21ClN2O4S. The second-order valence-corrected chi connectivity index (χ2v) is 7.93. The number of nitrogens with one attached hydrogen (secondary N) is 1. The lowest BCUT2D eigenvalue weighted by Gasteiger charge is -2.15. The zero-order valence-electron chi connectivity index (χ0n) is 15.0. The van der Waals surface area contributed by atoms with E-state index in [1.807, 2.05) is 20.8 Å². The lowest BCUT2D eigenvalue weighted by atomic mass is 10.2. The van der Waals surface area contributed by atoms with Crippen molar-refractivity contribution in [3.05, 3.63) is 52.5 Å². The van der Waals surface area contributed by atoms with Crippen LogP contribution in [0.4, 0.5) is 0 Å². The number of hydrazone groups is 1. The Morgan fingerprint density at radius 3 is 2.42 bits per heavy atom. The van der Waals surface area contributed by atoms with Crippen molar-refractivity contribution in [2.45, 2.75) is 31.8 Å². The van der Waals surface area contributed by atoms with Gasteiger partial charge in [-0.05, 0) is 50.6 Å². The molecule has 0 saturated heterocycles. The smallest absolute Gasteiger partial charge is 0.276 e. The van der Waals surface area contributed by atoms with E-state index in [1.54, 1.807) is 24.3 Å². The van der Waals surface area contributed by atoms with Crippen LogP contribution in [-0.2, 0) is 10.0 Å². The molecule has 0 spiro atoms. The maximum Gasteiger partial charge on any atom is 0.276 e. The van der Waals surface area contributed by atoms with Crippen molar-refractivity contribution in [1.29, 1.82) is 0 Å². The van der Waals surface area contributed by atoms with Crippen LogP contribution in [-0.4, -0.2) is 27.8 Å². The molecule has 0 heterocycles. The van der Waals surface area contributed by atoms with Crippen LogP contribution in [0, 0.1) is 6.92 Å². The molecule has 140 valence electrons. The fraction of sp³-hybridized carbons (Fsp3) is 0.278. The number of rotatable bonds is 7. The first-order chi connectivity index (χ1) is 12.2. The third-order valence-corrected chi connectivity index (χ3v) is 4.84. The summed E-state index contributed by atoms with van der Waals surface area (Å²) in [6.07, 6.45) is 1.28. The molecule has 26 heavy (non-hydrogen) atoms. The predicted octanol–water partition coefficient (Wildman–Crippen LogP) is 3.76. The van der Waals surface area contributed by atoms with E-state index in [4.69, 9.17) is 21.1 Å². The second kappa shape index (κ2) is 8.42. The zero-order valence-corrected chi connectivity index (χ0v) is 16.6. The minimum Gasteiger partial charge on any atom is -0.493 e. The standard InChI is InChI=1S/C18H21ClN2O4S/c1-12(2)25-18-16(19)9-14(10-17(18)24-4)11-20-21-26(22,23)15-7-5-13(3)6-8-15/h5-12,21H,1-4H3/b20-11-. The molecule has 0 bridgehead atoms. The van der Waals surface area contributed by atoms with Gasteiger partial charge in [0.1, 0.15) is 0 Å². The van der Waals surface area contributed by atoms with Crippen LogP contribution in [0.3, 0.4) is 0 Å². The molecule has 2 aromatic carbocycles. The Morgan fingerprint density at radius 2 is 1.85 bits per heavy atom. The van der Waals surface area contributed by atoms with Gasteiger partial charge >= 0.3 is 0 Å². The number of ether oxygens (including phenoxy) is 2.